The SMILES string of the molecule is CN1Cc2cc(C(C)(C)C)c(F)cc2C1=O.O=C1CCCC(=O)N1. The van der Waals surface area contributed by atoms with E-state index in [1.807, 2.05) is 26.8 Å². The number of piperidine rings is 1. The van der Waals surface area contributed by atoms with Gasteiger partial charge in [0.1, 0.15) is 5.82 Å². The lowest BCUT2D eigenvalue weighted by Crippen LogP contribution is -2.33. The van der Waals surface area contributed by atoms with Crippen molar-refractivity contribution in [2.24, 2.45) is 0 Å². The molecular formula is C18H23FN2O3. The average Bonchev–Trinajstić information content (AvgIpc) is 2.73. The van der Waals surface area contributed by atoms with E-state index in [0.29, 0.717) is 36.9 Å². The minimum absolute atomic E-state index is 0.0886. The van der Waals surface area contributed by atoms with Crippen molar-refractivity contribution in [2.45, 2.75) is 52.0 Å². The van der Waals surface area contributed by atoms with Crippen LogP contribution in [0.2, 0.25) is 0 Å². The summed E-state index contributed by atoms with van der Waals surface area (Å²) in [6.07, 6.45) is 1.72. The van der Waals surface area contributed by atoms with Gasteiger partial charge in [-0.3, -0.25) is 19.7 Å². The Kier molecular flexibility index (Phi) is 5.06. The third kappa shape index (κ3) is 3.99. The number of amides is 3. The molecule has 1 saturated heterocycles. The van der Waals surface area contributed by atoms with Crippen LogP contribution in [-0.4, -0.2) is 29.7 Å². The largest absolute Gasteiger partial charge is 0.337 e. The van der Waals surface area contributed by atoms with E-state index in [4.69, 9.17) is 0 Å². The highest BCUT2D eigenvalue weighted by Gasteiger charge is 2.28. The number of rotatable bonds is 0. The first kappa shape index (κ1) is 18.1. The molecule has 1 fully saturated rings. The van der Waals surface area contributed by atoms with Crippen LogP contribution < -0.4 is 5.32 Å². The van der Waals surface area contributed by atoms with Crippen molar-refractivity contribution in [1.29, 1.82) is 0 Å². The number of benzene rings is 1. The predicted molar refractivity (Wildman–Crippen MR) is 87.9 cm³/mol. The van der Waals surface area contributed by atoms with Gasteiger partial charge in [0.2, 0.25) is 11.8 Å². The van der Waals surface area contributed by atoms with Gasteiger partial charge in [-0.2, -0.15) is 0 Å². The van der Waals surface area contributed by atoms with Crippen molar-refractivity contribution < 1.29 is 18.8 Å². The van der Waals surface area contributed by atoms with E-state index < -0.39 is 0 Å². The van der Waals surface area contributed by atoms with Crippen molar-refractivity contribution in [3.63, 3.8) is 0 Å². The second kappa shape index (κ2) is 6.71. The summed E-state index contributed by atoms with van der Waals surface area (Å²) in [6, 6.07) is 3.20. The molecule has 3 amide bonds. The molecule has 5 nitrogen and oxygen atoms in total. The summed E-state index contributed by atoms with van der Waals surface area (Å²) >= 11 is 0. The van der Waals surface area contributed by atoms with Gasteiger partial charge in [0, 0.05) is 32.0 Å². The molecule has 0 atom stereocenters. The molecule has 0 radical (unpaired) electrons. The molecule has 1 N–H and O–H groups in total. The zero-order chi connectivity index (χ0) is 18.1. The van der Waals surface area contributed by atoms with Crippen molar-refractivity contribution in [2.75, 3.05) is 7.05 Å². The zero-order valence-electron chi connectivity index (χ0n) is 14.5. The summed E-state index contributed by atoms with van der Waals surface area (Å²) in [6.45, 7) is 6.49. The van der Waals surface area contributed by atoms with Crippen LogP contribution in [0, 0.1) is 5.82 Å². The summed E-state index contributed by atoms with van der Waals surface area (Å²) in [5, 5.41) is 2.20. The number of imide groups is 1. The number of carbonyl (C=O) groups excluding carboxylic acids is 3. The molecule has 2 aliphatic heterocycles. The molecule has 6 heteroatoms. The normalized spacial score (nSPS) is 17.2. The molecule has 0 aliphatic carbocycles. The fourth-order valence-corrected chi connectivity index (χ4v) is 2.75. The molecule has 0 aromatic heterocycles. The number of carbonyl (C=O) groups is 3. The topological polar surface area (TPSA) is 66.5 Å². The van der Waals surface area contributed by atoms with E-state index in [2.05, 4.69) is 5.32 Å². The molecule has 0 saturated carbocycles. The summed E-state index contributed by atoms with van der Waals surface area (Å²) in [5.74, 6) is -0.647. The Bertz CT molecular complexity index is 678. The summed E-state index contributed by atoms with van der Waals surface area (Å²) in [7, 11) is 1.73. The molecule has 3 rings (SSSR count). The van der Waals surface area contributed by atoms with E-state index in [1.54, 1.807) is 11.9 Å². The number of fused-ring (bicyclic) bond motifs is 1. The maximum atomic E-state index is 13.9. The van der Waals surface area contributed by atoms with Crippen LogP contribution in [-0.2, 0) is 21.5 Å². The number of nitrogens with zero attached hydrogens (tertiary/aromatic N) is 1. The molecule has 1 aromatic rings. The van der Waals surface area contributed by atoms with Crippen LogP contribution >= 0.6 is 0 Å². The van der Waals surface area contributed by atoms with Gasteiger partial charge in [0.15, 0.2) is 0 Å². The molecule has 2 aliphatic rings. The van der Waals surface area contributed by atoms with Gasteiger partial charge in [0.05, 0.1) is 0 Å². The van der Waals surface area contributed by atoms with Gasteiger partial charge in [0.25, 0.3) is 5.91 Å². The van der Waals surface area contributed by atoms with Crippen LogP contribution in [0.4, 0.5) is 4.39 Å². The van der Waals surface area contributed by atoms with Crippen molar-refractivity contribution in [3.05, 3.63) is 34.6 Å². The predicted octanol–water partition coefficient (Wildman–Crippen LogP) is 2.52. The fraction of sp³-hybridized carbons (Fsp3) is 0.500. The summed E-state index contributed by atoms with van der Waals surface area (Å²) in [5.41, 5.74) is 1.88. The Hall–Kier alpha value is -2.24. The zero-order valence-corrected chi connectivity index (χ0v) is 14.5. The number of nitrogens with one attached hydrogen (secondary N) is 1. The number of hydrogen-bond donors (Lipinski definition) is 1. The molecule has 0 unspecified atom stereocenters. The lowest BCUT2D eigenvalue weighted by atomic mass is 9.85. The molecule has 2 heterocycles. The standard InChI is InChI=1S/C13H16FNO.C5H7NO2/c1-13(2,3)10-5-8-7-15(4)12(16)9(8)6-11(10)14;7-4-2-1-3-5(8)6-4/h5-6H,7H2,1-4H3;1-3H2,(H,6,7,8). The Labute approximate surface area is 141 Å². The lowest BCUT2D eigenvalue weighted by Gasteiger charge is -2.20. The van der Waals surface area contributed by atoms with E-state index in [0.717, 1.165) is 5.56 Å². The van der Waals surface area contributed by atoms with Crippen LogP contribution in [0.3, 0.4) is 0 Å². The Morgan fingerprint density at radius 1 is 1.08 bits per heavy atom. The van der Waals surface area contributed by atoms with Gasteiger partial charge in [-0.15, -0.1) is 0 Å². The highest BCUT2D eigenvalue weighted by atomic mass is 19.1. The van der Waals surface area contributed by atoms with Crippen molar-refractivity contribution in [3.8, 4) is 0 Å². The minimum atomic E-state index is -0.282. The fourth-order valence-electron chi connectivity index (χ4n) is 2.75. The second-order valence-corrected chi connectivity index (χ2v) is 7.23. The van der Waals surface area contributed by atoms with Crippen LogP contribution in [0.5, 0.6) is 0 Å². The van der Waals surface area contributed by atoms with E-state index in [9.17, 15) is 18.8 Å². The monoisotopic (exact) mass is 334 g/mol. The second-order valence-electron chi connectivity index (χ2n) is 7.23. The van der Waals surface area contributed by atoms with Gasteiger partial charge in [-0.1, -0.05) is 20.8 Å². The maximum Gasteiger partial charge on any atom is 0.254 e. The smallest absolute Gasteiger partial charge is 0.254 e. The highest BCUT2D eigenvalue weighted by Crippen LogP contribution is 2.31. The summed E-state index contributed by atoms with van der Waals surface area (Å²) in [4.78, 5) is 34.0. The van der Waals surface area contributed by atoms with Gasteiger partial charge < -0.3 is 4.90 Å². The molecule has 0 bridgehead atoms. The van der Waals surface area contributed by atoms with Gasteiger partial charge >= 0.3 is 0 Å². The Morgan fingerprint density at radius 3 is 2.12 bits per heavy atom. The van der Waals surface area contributed by atoms with E-state index >= 15 is 0 Å². The van der Waals surface area contributed by atoms with Crippen LogP contribution in [0.15, 0.2) is 12.1 Å². The van der Waals surface area contributed by atoms with Crippen LogP contribution in [0.1, 0.15) is 61.5 Å². The highest BCUT2D eigenvalue weighted by molar-refractivity contribution is 5.98. The number of hydrogen-bond acceptors (Lipinski definition) is 3. The molecule has 1 aromatic carbocycles. The summed E-state index contributed by atoms with van der Waals surface area (Å²) < 4.78 is 13.9. The molecule has 24 heavy (non-hydrogen) atoms. The number of halogens is 1. The average molecular weight is 334 g/mol. The molecular weight excluding hydrogens is 311 g/mol. The van der Waals surface area contributed by atoms with Gasteiger partial charge in [-0.25, -0.2) is 4.39 Å². The first-order valence-corrected chi connectivity index (χ1v) is 8.00. The molecule has 0 spiro atoms. The first-order chi connectivity index (χ1) is 11.1. The maximum absolute atomic E-state index is 13.9. The Balaban J connectivity index is 0.000000219. The van der Waals surface area contributed by atoms with E-state index in [-0.39, 0.29) is 29.0 Å². The third-order valence-corrected chi connectivity index (χ3v) is 4.07. The minimum Gasteiger partial charge on any atom is -0.337 e. The van der Waals surface area contributed by atoms with Crippen LogP contribution in [0.25, 0.3) is 0 Å². The van der Waals surface area contributed by atoms with Crippen molar-refractivity contribution >= 4 is 17.7 Å². The van der Waals surface area contributed by atoms with Crippen molar-refractivity contribution in [1.82, 2.24) is 10.2 Å². The third-order valence-electron chi connectivity index (χ3n) is 4.07. The van der Waals surface area contributed by atoms with Gasteiger partial charge in [-0.05, 0) is 35.1 Å². The molecule has 130 valence electrons. The first-order valence-electron chi connectivity index (χ1n) is 8.00. The lowest BCUT2D eigenvalue weighted by molar-refractivity contribution is -0.132. The van der Waals surface area contributed by atoms with E-state index in [1.165, 1.54) is 6.07 Å². The quantitative estimate of drug-likeness (QED) is 0.742. The Morgan fingerprint density at radius 2 is 1.67 bits per heavy atom.